The lowest BCUT2D eigenvalue weighted by Crippen LogP contribution is -2.23. The number of hydrogen-bond acceptors (Lipinski definition) is 3. The topological polar surface area (TPSA) is 75.3 Å². The molecule has 22 heavy (non-hydrogen) atoms. The fourth-order valence-corrected chi connectivity index (χ4v) is 2.93. The van der Waals surface area contributed by atoms with E-state index in [4.69, 9.17) is 0 Å². The van der Waals surface area contributed by atoms with Crippen molar-refractivity contribution >= 4 is 21.6 Å². The van der Waals surface area contributed by atoms with Gasteiger partial charge in [0.1, 0.15) is 5.82 Å². The summed E-state index contributed by atoms with van der Waals surface area (Å²) in [7, 11) is -3.64. The van der Waals surface area contributed by atoms with Gasteiger partial charge in [-0.05, 0) is 36.4 Å². The molecule has 0 saturated carbocycles. The Balaban J connectivity index is 2.24. The molecule has 0 aliphatic heterocycles. The Kier molecular flexibility index (Phi) is 4.89. The number of carbonyl (C=O) groups excluding carboxylic acids is 1. The van der Waals surface area contributed by atoms with Crippen molar-refractivity contribution in [3.8, 4) is 0 Å². The molecule has 0 spiro atoms. The minimum Gasteiger partial charge on any atom is -0.322 e. The molecule has 0 aliphatic carbocycles. The van der Waals surface area contributed by atoms with Crippen molar-refractivity contribution < 1.29 is 17.6 Å². The molecule has 0 fully saturated rings. The summed E-state index contributed by atoms with van der Waals surface area (Å²) < 4.78 is 39.3. The third kappa shape index (κ3) is 3.90. The van der Waals surface area contributed by atoms with Gasteiger partial charge in [-0.15, -0.1) is 0 Å². The average Bonchev–Trinajstić information content (AvgIpc) is 2.47. The van der Waals surface area contributed by atoms with Crippen LogP contribution in [0.5, 0.6) is 0 Å². The molecule has 2 aromatic carbocycles. The third-order valence-corrected chi connectivity index (χ3v) is 4.37. The van der Waals surface area contributed by atoms with Crippen molar-refractivity contribution in [1.29, 1.82) is 0 Å². The van der Waals surface area contributed by atoms with Crippen molar-refractivity contribution in [1.82, 2.24) is 4.72 Å². The SMILES string of the molecule is CCNS(=O)(=O)c1cccc(C(=O)Nc2cccc(F)c2)c1. The monoisotopic (exact) mass is 322 g/mol. The highest BCUT2D eigenvalue weighted by Gasteiger charge is 2.15. The highest BCUT2D eigenvalue weighted by atomic mass is 32.2. The molecule has 0 radical (unpaired) electrons. The third-order valence-electron chi connectivity index (χ3n) is 2.82. The van der Waals surface area contributed by atoms with E-state index in [0.29, 0.717) is 5.69 Å². The quantitative estimate of drug-likeness (QED) is 0.887. The van der Waals surface area contributed by atoms with Crippen LogP contribution in [0.1, 0.15) is 17.3 Å². The first-order chi connectivity index (χ1) is 10.4. The smallest absolute Gasteiger partial charge is 0.255 e. The summed E-state index contributed by atoms with van der Waals surface area (Å²) in [5, 5.41) is 2.52. The van der Waals surface area contributed by atoms with Crippen molar-refractivity contribution in [3.63, 3.8) is 0 Å². The molecule has 0 aliphatic rings. The highest BCUT2D eigenvalue weighted by Crippen LogP contribution is 2.14. The molecule has 1 amide bonds. The first-order valence-electron chi connectivity index (χ1n) is 6.59. The van der Waals surface area contributed by atoms with Crippen LogP contribution in [-0.4, -0.2) is 20.9 Å². The molecule has 2 N–H and O–H groups in total. The number of benzene rings is 2. The van der Waals surface area contributed by atoms with Crippen molar-refractivity contribution in [2.45, 2.75) is 11.8 Å². The van der Waals surface area contributed by atoms with E-state index in [9.17, 15) is 17.6 Å². The van der Waals surface area contributed by atoms with Gasteiger partial charge < -0.3 is 5.32 Å². The lowest BCUT2D eigenvalue weighted by atomic mass is 10.2. The number of amides is 1. The van der Waals surface area contributed by atoms with Gasteiger partial charge in [0.05, 0.1) is 4.90 Å². The summed E-state index contributed by atoms with van der Waals surface area (Å²) in [5.41, 5.74) is 0.466. The minimum atomic E-state index is -3.64. The lowest BCUT2D eigenvalue weighted by molar-refractivity contribution is 0.102. The Morgan fingerprint density at radius 2 is 1.86 bits per heavy atom. The van der Waals surface area contributed by atoms with E-state index in [-0.39, 0.29) is 17.0 Å². The van der Waals surface area contributed by atoms with Gasteiger partial charge in [-0.1, -0.05) is 19.1 Å². The van der Waals surface area contributed by atoms with E-state index >= 15 is 0 Å². The van der Waals surface area contributed by atoms with Crippen molar-refractivity contribution in [3.05, 3.63) is 59.9 Å². The second kappa shape index (κ2) is 6.67. The first kappa shape index (κ1) is 16.1. The molecule has 0 heterocycles. The fourth-order valence-electron chi connectivity index (χ4n) is 1.85. The number of anilines is 1. The summed E-state index contributed by atoms with van der Waals surface area (Å²) in [6, 6.07) is 11.1. The van der Waals surface area contributed by atoms with Gasteiger partial charge in [0.25, 0.3) is 5.91 Å². The predicted molar refractivity (Wildman–Crippen MR) is 81.7 cm³/mol. The van der Waals surface area contributed by atoms with Crippen LogP contribution in [-0.2, 0) is 10.0 Å². The number of sulfonamides is 1. The summed E-state index contributed by atoms with van der Waals surface area (Å²) in [4.78, 5) is 12.1. The van der Waals surface area contributed by atoms with E-state index in [1.807, 2.05) is 0 Å². The van der Waals surface area contributed by atoms with Crippen LogP contribution in [0.15, 0.2) is 53.4 Å². The molecule has 0 atom stereocenters. The van der Waals surface area contributed by atoms with Crippen molar-refractivity contribution in [2.24, 2.45) is 0 Å². The van der Waals surface area contributed by atoms with Gasteiger partial charge in [0.2, 0.25) is 10.0 Å². The largest absolute Gasteiger partial charge is 0.322 e. The number of rotatable bonds is 5. The molecule has 2 rings (SSSR count). The normalized spacial score (nSPS) is 11.2. The number of carbonyl (C=O) groups is 1. The van der Waals surface area contributed by atoms with Gasteiger partial charge in [-0.2, -0.15) is 0 Å². The molecular formula is C15H15FN2O3S. The molecule has 7 heteroatoms. The molecule has 2 aromatic rings. The molecule has 0 bridgehead atoms. The molecule has 5 nitrogen and oxygen atoms in total. The summed E-state index contributed by atoms with van der Waals surface area (Å²) in [6.07, 6.45) is 0. The zero-order valence-electron chi connectivity index (χ0n) is 11.8. The van der Waals surface area contributed by atoms with Gasteiger partial charge in [-0.3, -0.25) is 4.79 Å². The maximum absolute atomic E-state index is 13.1. The standard InChI is InChI=1S/C15H15FN2O3S/c1-2-17-22(20,21)14-8-3-5-11(9-14)15(19)18-13-7-4-6-12(16)10-13/h3-10,17H,2H2,1H3,(H,18,19). The fraction of sp³-hybridized carbons (Fsp3) is 0.133. The Morgan fingerprint density at radius 1 is 1.14 bits per heavy atom. The van der Waals surface area contributed by atoms with Gasteiger partial charge >= 0.3 is 0 Å². The average molecular weight is 322 g/mol. The van der Waals surface area contributed by atoms with Gasteiger partial charge in [-0.25, -0.2) is 17.5 Å². The van der Waals surface area contributed by atoms with Gasteiger partial charge in [0, 0.05) is 17.8 Å². The van der Waals surface area contributed by atoms with Gasteiger partial charge in [0.15, 0.2) is 0 Å². The van der Waals surface area contributed by atoms with Crippen LogP contribution < -0.4 is 10.0 Å². The molecule has 0 unspecified atom stereocenters. The van der Waals surface area contributed by atoms with Crippen LogP contribution in [0.2, 0.25) is 0 Å². The van der Waals surface area contributed by atoms with Crippen LogP contribution >= 0.6 is 0 Å². The number of hydrogen-bond donors (Lipinski definition) is 2. The second-order valence-corrected chi connectivity index (χ2v) is 6.26. The zero-order chi connectivity index (χ0) is 16.2. The highest BCUT2D eigenvalue weighted by molar-refractivity contribution is 7.89. The summed E-state index contributed by atoms with van der Waals surface area (Å²) in [5.74, 6) is -0.986. The van der Waals surface area contributed by atoms with Crippen LogP contribution in [0.3, 0.4) is 0 Å². The van der Waals surface area contributed by atoms with Crippen LogP contribution in [0.4, 0.5) is 10.1 Å². The molecule has 116 valence electrons. The molecule has 0 saturated heterocycles. The minimum absolute atomic E-state index is 0.00115. The summed E-state index contributed by atoms with van der Waals surface area (Å²) in [6.45, 7) is 1.92. The lowest BCUT2D eigenvalue weighted by Gasteiger charge is -2.08. The van der Waals surface area contributed by atoms with E-state index in [2.05, 4.69) is 10.0 Å². The number of nitrogens with one attached hydrogen (secondary N) is 2. The number of halogens is 1. The Morgan fingerprint density at radius 3 is 2.55 bits per heavy atom. The molecular weight excluding hydrogens is 307 g/mol. The Bertz CT molecular complexity index is 791. The van der Waals surface area contributed by atoms with Crippen LogP contribution in [0, 0.1) is 5.82 Å². The van der Waals surface area contributed by atoms with E-state index < -0.39 is 21.7 Å². The van der Waals surface area contributed by atoms with Crippen molar-refractivity contribution in [2.75, 3.05) is 11.9 Å². The predicted octanol–water partition coefficient (Wildman–Crippen LogP) is 2.38. The maximum atomic E-state index is 13.1. The Labute approximate surface area is 128 Å². The second-order valence-electron chi connectivity index (χ2n) is 4.49. The summed E-state index contributed by atoms with van der Waals surface area (Å²) >= 11 is 0. The molecule has 0 aromatic heterocycles. The van der Waals surface area contributed by atoms with Crippen LogP contribution in [0.25, 0.3) is 0 Å². The van der Waals surface area contributed by atoms with E-state index in [1.54, 1.807) is 13.0 Å². The van der Waals surface area contributed by atoms with E-state index in [0.717, 1.165) is 0 Å². The maximum Gasteiger partial charge on any atom is 0.255 e. The van der Waals surface area contributed by atoms with E-state index in [1.165, 1.54) is 42.5 Å². The Hall–Kier alpha value is -2.25. The first-order valence-corrected chi connectivity index (χ1v) is 8.07. The zero-order valence-corrected chi connectivity index (χ0v) is 12.7.